The lowest BCUT2D eigenvalue weighted by Gasteiger charge is -2.47. The van der Waals surface area contributed by atoms with Gasteiger partial charge in [0.1, 0.15) is 0 Å². The van der Waals surface area contributed by atoms with Crippen molar-refractivity contribution in [3.63, 3.8) is 0 Å². The molecule has 390 valence electrons. The van der Waals surface area contributed by atoms with E-state index in [9.17, 15) is 9.59 Å². The Kier molecular flexibility index (Phi) is 22.3. The van der Waals surface area contributed by atoms with Gasteiger partial charge in [-0.15, -0.1) is 0 Å². The van der Waals surface area contributed by atoms with Crippen molar-refractivity contribution in [2.75, 3.05) is 45.3 Å². The summed E-state index contributed by atoms with van der Waals surface area (Å²) < 4.78 is 66.2. The molecule has 5 heterocycles. The molecule has 5 aliphatic heterocycles. The summed E-state index contributed by atoms with van der Waals surface area (Å²) in [5, 5.41) is 2.79. The Hall–Kier alpha value is -0.910. The van der Waals surface area contributed by atoms with Crippen molar-refractivity contribution in [3.8, 4) is 0 Å². The highest BCUT2D eigenvalue weighted by molar-refractivity contribution is 8.14. The molecule has 1 N–H and O–H groups in total. The predicted octanol–water partition coefficient (Wildman–Crippen LogP) is 9.43. The van der Waals surface area contributed by atoms with E-state index in [0.717, 1.165) is 18.2 Å². The fourth-order valence-corrected chi connectivity index (χ4v) is 11.5. The van der Waals surface area contributed by atoms with Gasteiger partial charge < -0.3 is 52.7 Å². The van der Waals surface area contributed by atoms with Gasteiger partial charge in [0, 0.05) is 43.1 Å². The molecular formula is C53H95NO12S. The van der Waals surface area contributed by atoms with Crippen molar-refractivity contribution in [1.82, 2.24) is 5.32 Å². The number of nitrogens with one attached hydrogen (secondary N) is 1. The van der Waals surface area contributed by atoms with E-state index < -0.39 is 12.6 Å². The molecular weight excluding hydrogens is 875 g/mol. The molecule has 25 atom stereocenters. The summed E-state index contributed by atoms with van der Waals surface area (Å²) in [6, 6.07) is 0. The van der Waals surface area contributed by atoms with E-state index in [4.69, 9.17) is 47.4 Å². The van der Waals surface area contributed by atoms with Crippen LogP contribution in [0.15, 0.2) is 0 Å². The van der Waals surface area contributed by atoms with Gasteiger partial charge in [-0.25, -0.2) is 0 Å². The standard InChI is InChI=1S/C53H95NO12S/c1-18-43-32(7)27(2)38(13)50(62-43)58-23-45-34(9)29(4)40(15)52(64-45)60-25-47-36(11)31(6)41(16)53(66-47)61-24-46-35(10)30(5)39(14)51(65-46)59-22-44-33(8)28(3)37(12)49(63-44)57-21-19-20-54-48(56)26-67-42(17)55/h27-41,43-47,49-53H,18-26H2,1-17H3,(H,54,56)/t27-,28-,29-,30-,31-,32+,33+,34+,35+,36+,37?,38?,39?,40?,41?,43?,44?,45?,46?,47?,49+,50+,51+,52+,53+/m0/s1. The molecule has 5 saturated heterocycles. The first-order valence-electron chi connectivity index (χ1n) is 26.4. The van der Waals surface area contributed by atoms with Gasteiger partial charge in [0.15, 0.2) is 36.6 Å². The zero-order valence-electron chi connectivity index (χ0n) is 44.6. The number of hydrogen-bond donors (Lipinski definition) is 1. The maximum atomic E-state index is 12.0. The molecule has 67 heavy (non-hydrogen) atoms. The molecule has 0 aliphatic carbocycles. The van der Waals surface area contributed by atoms with Crippen molar-refractivity contribution < 1.29 is 57.0 Å². The fraction of sp³-hybridized carbons (Fsp3) is 0.962. The van der Waals surface area contributed by atoms with Gasteiger partial charge >= 0.3 is 0 Å². The van der Waals surface area contributed by atoms with Gasteiger partial charge in [0.2, 0.25) is 5.91 Å². The molecule has 14 heteroatoms. The van der Waals surface area contributed by atoms with E-state index in [1.807, 2.05) is 0 Å². The number of carbonyl (C=O) groups excluding carboxylic acids is 2. The molecule has 5 fully saturated rings. The van der Waals surface area contributed by atoms with Gasteiger partial charge in [0.25, 0.3) is 0 Å². The Labute approximate surface area is 410 Å². The smallest absolute Gasteiger partial charge is 0.230 e. The van der Waals surface area contributed by atoms with E-state index in [2.05, 4.69) is 116 Å². The van der Waals surface area contributed by atoms with Crippen molar-refractivity contribution in [2.24, 2.45) is 88.8 Å². The first kappa shape index (κ1) is 57.0. The number of carbonyl (C=O) groups is 2. The Morgan fingerprint density at radius 3 is 1.00 bits per heavy atom. The van der Waals surface area contributed by atoms with E-state index in [0.29, 0.717) is 93.3 Å². The van der Waals surface area contributed by atoms with E-state index in [-0.39, 0.29) is 108 Å². The highest BCUT2D eigenvalue weighted by atomic mass is 32.2. The van der Waals surface area contributed by atoms with Gasteiger partial charge in [-0.05, 0) is 72.0 Å². The molecule has 0 aromatic heterocycles. The predicted molar refractivity (Wildman–Crippen MR) is 262 cm³/mol. The van der Waals surface area contributed by atoms with Gasteiger partial charge in [0.05, 0.1) is 69.3 Å². The molecule has 0 aromatic carbocycles. The molecule has 0 spiro atoms. The normalized spacial score (nSPS) is 46.3. The van der Waals surface area contributed by atoms with Crippen LogP contribution in [-0.2, 0) is 57.0 Å². The Balaban J connectivity index is 1.11. The molecule has 5 rings (SSSR count). The summed E-state index contributed by atoms with van der Waals surface area (Å²) in [6.45, 7) is 40.2. The molecule has 5 aliphatic rings. The molecule has 13 nitrogen and oxygen atoms in total. The minimum absolute atomic E-state index is 0.0675. The van der Waals surface area contributed by atoms with Crippen LogP contribution in [0.25, 0.3) is 0 Å². The number of thioether (sulfide) groups is 1. The summed E-state index contributed by atoms with van der Waals surface area (Å²) in [6.07, 6.45) is -0.509. The Morgan fingerprint density at radius 1 is 0.418 bits per heavy atom. The lowest BCUT2D eigenvalue weighted by Crippen LogP contribution is -2.53. The van der Waals surface area contributed by atoms with Crippen LogP contribution in [0.4, 0.5) is 0 Å². The van der Waals surface area contributed by atoms with Crippen LogP contribution in [0.3, 0.4) is 0 Å². The Morgan fingerprint density at radius 2 is 0.701 bits per heavy atom. The minimum Gasteiger partial charge on any atom is -0.355 e. The second kappa shape index (κ2) is 26.2. The summed E-state index contributed by atoms with van der Waals surface area (Å²) in [7, 11) is 0. The lowest BCUT2D eigenvalue weighted by atomic mass is 9.78. The zero-order valence-corrected chi connectivity index (χ0v) is 45.4. The third-order valence-electron chi connectivity index (χ3n) is 18.4. The number of ether oxygens (including phenoxy) is 10. The zero-order chi connectivity index (χ0) is 49.4. The van der Waals surface area contributed by atoms with Crippen LogP contribution in [0.5, 0.6) is 0 Å². The summed E-state index contributed by atoms with van der Waals surface area (Å²) >= 11 is 1.01. The third kappa shape index (κ3) is 14.4. The van der Waals surface area contributed by atoms with Crippen LogP contribution in [0, 0.1) is 88.8 Å². The van der Waals surface area contributed by atoms with E-state index in [1.54, 1.807) is 0 Å². The maximum Gasteiger partial charge on any atom is 0.230 e. The van der Waals surface area contributed by atoms with Gasteiger partial charge in [-0.2, -0.15) is 0 Å². The molecule has 0 aromatic rings. The quantitative estimate of drug-likeness (QED) is 0.116. The third-order valence-corrected chi connectivity index (χ3v) is 19.2. The number of hydrogen-bond acceptors (Lipinski definition) is 13. The first-order valence-corrected chi connectivity index (χ1v) is 27.4. The Bertz CT molecular complexity index is 1510. The van der Waals surface area contributed by atoms with Crippen LogP contribution in [-0.4, -0.2) is 118 Å². The van der Waals surface area contributed by atoms with Gasteiger partial charge in [-0.1, -0.05) is 123 Å². The molecule has 10 unspecified atom stereocenters. The summed E-state index contributed by atoms with van der Waals surface area (Å²) in [5.74, 6) is 4.63. The average molecular weight is 970 g/mol. The number of amides is 1. The SMILES string of the molecule is CCC1O[C@@H](OCC2O[C@@H](OCC3O[C@@H](OCC4O[C@@H](OCC5O[C@@H](OCCCNC(=O)CSC(C)=O)C(C)[C@@H](C)[C@H]5C)C(C)[C@@H](C)[C@H]4C)C(C)[C@@H](C)[C@H]3C)C(C)[C@@H](C)[C@H]2C)C(C)[C@@H](C)[C@H]1C. The van der Waals surface area contributed by atoms with Crippen LogP contribution < -0.4 is 5.32 Å². The van der Waals surface area contributed by atoms with Crippen LogP contribution >= 0.6 is 11.8 Å². The molecule has 1 amide bonds. The largest absolute Gasteiger partial charge is 0.355 e. The first-order chi connectivity index (χ1) is 31.7. The van der Waals surface area contributed by atoms with Crippen molar-refractivity contribution >= 4 is 22.8 Å². The maximum absolute atomic E-state index is 12.0. The monoisotopic (exact) mass is 970 g/mol. The second-order valence-corrected chi connectivity index (χ2v) is 23.3. The van der Waals surface area contributed by atoms with E-state index >= 15 is 0 Å². The molecule has 0 radical (unpaired) electrons. The van der Waals surface area contributed by atoms with Crippen LogP contribution in [0.2, 0.25) is 0 Å². The minimum atomic E-state index is -0.407. The van der Waals surface area contributed by atoms with Crippen LogP contribution in [0.1, 0.15) is 131 Å². The number of rotatable bonds is 20. The van der Waals surface area contributed by atoms with Crippen molar-refractivity contribution in [1.29, 1.82) is 0 Å². The topological polar surface area (TPSA) is 138 Å². The van der Waals surface area contributed by atoms with Crippen molar-refractivity contribution in [2.45, 2.75) is 193 Å². The highest BCUT2D eigenvalue weighted by Gasteiger charge is 2.47. The second-order valence-electron chi connectivity index (χ2n) is 22.2. The highest BCUT2D eigenvalue weighted by Crippen LogP contribution is 2.43. The molecule has 0 bridgehead atoms. The summed E-state index contributed by atoms with van der Waals surface area (Å²) in [5.41, 5.74) is 0. The average Bonchev–Trinajstić information content (AvgIpc) is 3.30. The van der Waals surface area contributed by atoms with Crippen molar-refractivity contribution in [3.05, 3.63) is 0 Å². The fourth-order valence-electron chi connectivity index (χ4n) is 11.1. The van der Waals surface area contributed by atoms with Gasteiger partial charge in [-0.3, -0.25) is 9.59 Å². The molecule has 0 saturated carbocycles. The lowest BCUT2D eigenvalue weighted by molar-refractivity contribution is -0.315. The summed E-state index contributed by atoms with van der Waals surface area (Å²) in [4.78, 5) is 23.2. The van der Waals surface area contributed by atoms with E-state index in [1.165, 1.54) is 6.92 Å².